The van der Waals surface area contributed by atoms with Gasteiger partial charge in [-0.15, -0.1) is 0 Å². The molecule has 0 radical (unpaired) electrons. The van der Waals surface area contributed by atoms with Gasteiger partial charge in [0.15, 0.2) is 0 Å². The summed E-state index contributed by atoms with van der Waals surface area (Å²) in [4.78, 5) is 30.2. The van der Waals surface area contributed by atoms with Crippen LogP contribution in [-0.2, 0) is 24.3 Å². The molecule has 1 aliphatic heterocycles. The summed E-state index contributed by atoms with van der Waals surface area (Å²) in [6.07, 6.45) is 5.29. The zero-order valence-electron chi connectivity index (χ0n) is 18.0. The highest BCUT2D eigenvalue weighted by atomic mass is 16.5. The van der Waals surface area contributed by atoms with Crippen LogP contribution in [0.1, 0.15) is 48.6 Å². The van der Waals surface area contributed by atoms with E-state index in [0.29, 0.717) is 23.6 Å². The molecule has 2 N–H and O–H groups in total. The Morgan fingerprint density at radius 3 is 2.43 bits per heavy atom. The Bertz CT molecular complexity index is 861. The average Bonchev–Trinajstić information content (AvgIpc) is 3.18. The zero-order valence-corrected chi connectivity index (χ0v) is 18.0. The number of amides is 2. The predicted octanol–water partition coefficient (Wildman–Crippen LogP) is 2.31. The number of carbonyl (C=O) groups is 2. The molecule has 2 aromatic rings. The number of aromatic nitrogens is 2. The molecule has 1 aromatic carbocycles. The molecule has 0 unspecified atom stereocenters. The Labute approximate surface area is 177 Å². The fraction of sp³-hybridized carbons (Fsp3) is 0.500. The van der Waals surface area contributed by atoms with Crippen LogP contribution in [0.4, 0.5) is 0 Å². The van der Waals surface area contributed by atoms with Crippen molar-refractivity contribution in [1.29, 1.82) is 0 Å². The third kappa shape index (κ3) is 5.11. The monoisotopic (exact) mass is 414 g/mol. The van der Waals surface area contributed by atoms with Gasteiger partial charge in [0.25, 0.3) is 5.91 Å². The van der Waals surface area contributed by atoms with Gasteiger partial charge in [-0.2, -0.15) is 0 Å². The van der Waals surface area contributed by atoms with Crippen molar-refractivity contribution in [3.63, 3.8) is 0 Å². The highest BCUT2D eigenvalue weighted by Crippen LogP contribution is 2.22. The summed E-state index contributed by atoms with van der Waals surface area (Å²) in [5, 5.41) is 5.75. The molecule has 0 saturated heterocycles. The number of carbonyl (C=O) groups excluding carboxylic acids is 2. The fourth-order valence-corrected chi connectivity index (χ4v) is 3.54. The van der Waals surface area contributed by atoms with Gasteiger partial charge in [-0.25, -0.2) is 4.98 Å². The number of fused-ring (bicyclic) bond motifs is 1. The quantitative estimate of drug-likeness (QED) is 0.691. The van der Waals surface area contributed by atoms with Crippen LogP contribution >= 0.6 is 0 Å². The molecule has 8 heteroatoms. The SMILES string of the molecule is COc1cc(OC)cc(C(=O)N[C@@H](C(=O)NCc2cn3c(n2)CCCC3)C(C)C)c1. The number of methoxy groups -OCH3 is 2. The Morgan fingerprint density at radius 2 is 1.83 bits per heavy atom. The predicted molar refractivity (Wildman–Crippen MR) is 113 cm³/mol. The number of rotatable bonds is 8. The van der Waals surface area contributed by atoms with E-state index in [9.17, 15) is 9.59 Å². The number of benzene rings is 1. The maximum absolute atomic E-state index is 12.8. The first-order valence-electron chi connectivity index (χ1n) is 10.3. The van der Waals surface area contributed by atoms with E-state index < -0.39 is 6.04 Å². The zero-order chi connectivity index (χ0) is 21.7. The number of ether oxygens (including phenoxy) is 2. The van der Waals surface area contributed by atoms with E-state index >= 15 is 0 Å². The van der Waals surface area contributed by atoms with Crippen molar-refractivity contribution in [3.05, 3.63) is 41.5 Å². The van der Waals surface area contributed by atoms with Gasteiger partial charge >= 0.3 is 0 Å². The average molecular weight is 415 g/mol. The molecule has 0 aliphatic carbocycles. The van der Waals surface area contributed by atoms with E-state index in [4.69, 9.17) is 9.47 Å². The highest BCUT2D eigenvalue weighted by molar-refractivity contribution is 5.98. The van der Waals surface area contributed by atoms with Gasteiger partial charge in [-0.05, 0) is 30.9 Å². The van der Waals surface area contributed by atoms with Gasteiger partial charge in [-0.1, -0.05) is 13.8 Å². The van der Waals surface area contributed by atoms with Crippen LogP contribution in [0, 0.1) is 5.92 Å². The third-order valence-corrected chi connectivity index (χ3v) is 5.25. The van der Waals surface area contributed by atoms with Gasteiger partial charge < -0.3 is 24.7 Å². The summed E-state index contributed by atoms with van der Waals surface area (Å²) < 4.78 is 12.6. The first-order valence-corrected chi connectivity index (χ1v) is 10.3. The van der Waals surface area contributed by atoms with E-state index in [1.165, 1.54) is 14.2 Å². The normalized spacial score (nSPS) is 14.0. The van der Waals surface area contributed by atoms with E-state index in [2.05, 4.69) is 20.2 Å². The molecule has 2 amide bonds. The summed E-state index contributed by atoms with van der Waals surface area (Å²) in [5.74, 6) is 1.41. The molecule has 1 aliphatic rings. The number of nitrogens with one attached hydrogen (secondary N) is 2. The molecule has 0 bridgehead atoms. The molecule has 0 saturated carbocycles. The molecule has 2 heterocycles. The van der Waals surface area contributed by atoms with Crippen molar-refractivity contribution in [3.8, 4) is 11.5 Å². The lowest BCUT2D eigenvalue weighted by Gasteiger charge is -2.22. The van der Waals surface area contributed by atoms with Crippen molar-refractivity contribution in [2.24, 2.45) is 5.92 Å². The largest absolute Gasteiger partial charge is 0.497 e. The molecular formula is C22H30N4O4. The Morgan fingerprint density at radius 1 is 1.13 bits per heavy atom. The molecule has 30 heavy (non-hydrogen) atoms. The maximum atomic E-state index is 12.8. The van der Waals surface area contributed by atoms with Crippen LogP contribution in [0.5, 0.6) is 11.5 Å². The second kappa shape index (κ2) is 9.65. The van der Waals surface area contributed by atoms with Crippen LogP contribution in [0.2, 0.25) is 0 Å². The first-order chi connectivity index (χ1) is 14.4. The minimum Gasteiger partial charge on any atom is -0.497 e. The third-order valence-electron chi connectivity index (χ3n) is 5.25. The Hall–Kier alpha value is -3.03. The van der Waals surface area contributed by atoms with Crippen LogP contribution < -0.4 is 20.1 Å². The summed E-state index contributed by atoms with van der Waals surface area (Å²) in [6.45, 7) is 5.11. The topological polar surface area (TPSA) is 94.5 Å². The van der Waals surface area contributed by atoms with Crippen molar-refractivity contribution in [2.75, 3.05) is 14.2 Å². The second-order valence-electron chi connectivity index (χ2n) is 7.81. The Balaban J connectivity index is 1.65. The molecule has 162 valence electrons. The number of hydrogen-bond acceptors (Lipinski definition) is 5. The molecule has 8 nitrogen and oxygen atoms in total. The maximum Gasteiger partial charge on any atom is 0.252 e. The highest BCUT2D eigenvalue weighted by Gasteiger charge is 2.25. The lowest BCUT2D eigenvalue weighted by atomic mass is 10.0. The molecule has 0 spiro atoms. The van der Waals surface area contributed by atoms with E-state index in [-0.39, 0.29) is 17.7 Å². The van der Waals surface area contributed by atoms with Gasteiger partial charge in [0, 0.05) is 30.8 Å². The van der Waals surface area contributed by atoms with Crippen molar-refractivity contribution < 1.29 is 19.1 Å². The first kappa shape index (κ1) is 21.7. The molecule has 1 aromatic heterocycles. The van der Waals surface area contributed by atoms with Crippen molar-refractivity contribution in [2.45, 2.75) is 52.2 Å². The standard InChI is InChI=1S/C22H30N4O4/c1-14(2)20(25-21(27)15-9-17(29-3)11-18(10-15)30-4)22(28)23-12-16-13-26-8-6-5-7-19(26)24-16/h9-11,13-14,20H,5-8,12H2,1-4H3,(H,23,28)(H,25,27)/t20-/m1/s1. The summed E-state index contributed by atoms with van der Waals surface area (Å²) in [5.41, 5.74) is 1.21. The van der Waals surface area contributed by atoms with E-state index in [1.54, 1.807) is 18.2 Å². The number of nitrogens with zero attached hydrogens (tertiary/aromatic N) is 2. The molecular weight excluding hydrogens is 384 g/mol. The molecule has 0 fully saturated rings. The van der Waals surface area contributed by atoms with E-state index in [1.807, 2.05) is 20.0 Å². The smallest absolute Gasteiger partial charge is 0.252 e. The fourth-order valence-electron chi connectivity index (χ4n) is 3.54. The summed E-state index contributed by atoms with van der Waals surface area (Å²) >= 11 is 0. The molecule has 1 atom stereocenters. The van der Waals surface area contributed by atoms with Gasteiger partial charge in [-0.3, -0.25) is 9.59 Å². The van der Waals surface area contributed by atoms with Crippen LogP contribution in [0.15, 0.2) is 24.4 Å². The minimum atomic E-state index is -0.674. The van der Waals surface area contributed by atoms with Crippen LogP contribution in [0.25, 0.3) is 0 Å². The van der Waals surface area contributed by atoms with Crippen LogP contribution in [-0.4, -0.2) is 41.6 Å². The minimum absolute atomic E-state index is 0.0864. The lowest BCUT2D eigenvalue weighted by Crippen LogP contribution is -2.49. The lowest BCUT2D eigenvalue weighted by molar-refractivity contribution is -0.124. The van der Waals surface area contributed by atoms with Gasteiger partial charge in [0.1, 0.15) is 23.4 Å². The number of hydrogen-bond donors (Lipinski definition) is 2. The van der Waals surface area contributed by atoms with Gasteiger partial charge in [0.2, 0.25) is 5.91 Å². The molecule has 3 rings (SSSR count). The number of aryl methyl sites for hydroxylation is 2. The number of imidazole rings is 1. The van der Waals surface area contributed by atoms with Crippen molar-refractivity contribution in [1.82, 2.24) is 20.2 Å². The van der Waals surface area contributed by atoms with Crippen LogP contribution in [0.3, 0.4) is 0 Å². The second-order valence-corrected chi connectivity index (χ2v) is 7.81. The Kier molecular flexibility index (Phi) is 6.97. The van der Waals surface area contributed by atoms with E-state index in [0.717, 1.165) is 37.3 Å². The van der Waals surface area contributed by atoms with Gasteiger partial charge in [0.05, 0.1) is 26.5 Å². The summed E-state index contributed by atoms with van der Waals surface area (Å²) in [6, 6.07) is 4.24. The van der Waals surface area contributed by atoms with Crippen molar-refractivity contribution >= 4 is 11.8 Å². The summed E-state index contributed by atoms with van der Waals surface area (Å²) in [7, 11) is 3.04.